The third-order valence-corrected chi connectivity index (χ3v) is 8.48. The van der Waals surface area contributed by atoms with Crippen molar-refractivity contribution in [2.45, 2.75) is 0 Å². The molecule has 2 aromatic heterocycles. The van der Waals surface area contributed by atoms with Gasteiger partial charge in [0.05, 0.1) is 11.1 Å². The molecule has 200 valence electrons. The van der Waals surface area contributed by atoms with Crippen molar-refractivity contribution in [3.05, 3.63) is 146 Å². The van der Waals surface area contributed by atoms with Gasteiger partial charge in [-0.1, -0.05) is 140 Å². The van der Waals surface area contributed by atoms with Crippen molar-refractivity contribution >= 4 is 54.4 Å². The summed E-state index contributed by atoms with van der Waals surface area (Å²) in [4.78, 5) is 10.5. The van der Waals surface area contributed by atoms with E-state index in [1.807, 2.05) is 6.07 Å². The Morgan fingerprint density at radius 3 is 1.86 bits per heavy atom. The van der Waals surface area contributed by atoms with Gasteiger partial charge >= 0.3 is 0 Å². The van der Waals surface area contributed by atoms with Gasteiger partial charge in [0.25, 0.3) is 0 Å². The maximum atomic E-state index is 6.77. The first-order valence-corrected chi connectivity index (χ1v) is 14.5. The van der Waals surface area contributed by atoms with E-state index < -0.39 is 0 Å². The van der Waals surface area contributed by atoms with Gasteiger partial charge in [-0.25, -0.2) is 4.98 Å². The molecular weight excluding hydrogens is 524 g/mol. The lowest BCUT2D eigenvalue weighted by Crippen LogP contribution is -1.95. The summed E-state index contributed by atoms with van der Waals surface area (Å²) in [6.45, 7) is 0. The SMILES string of the molecule is c1ccc(-c2cccc(-c3nc(-c4cccc5ccccc45)nc4oc5c6ccccc6c6ccccc6c5c34)c2)cc1. The van der Waals surface area contributed by atoms with Crippen LogP contribution in [0.25, 0.3) is 88.2 Å². The first-order chi connectivity index (χ1) is 21.3. The van der Waals surface area contributed by atoms with Crippen LogP contribution in [0.1, 0.15) is 0 Å². The standard InChI is InChI=1S/C40H24N2O/c1-2-12-25(13-3-1)27-16-10-17-28(24-27)37-36-35-32-21-8-6-19-30(32)31-20-7-9-22-33(31)38(35)43-40(36)42-39(41-37)34-23-11-15-26-14-4-5-18-29(26)34/h1-24H. The molecule has 0 saturated heterocycles. The highest BCUT2D eigenvalue weighted by Gasteiger charge is 2.23. The number of aromatic nitrogens is 2. The maximum Gasteiger partial charge on any atom is 0.231 e. The second-order valence-corrected chi connectivity index (χ2v) is 10.9. The Hall–Kier alpha value is -5.80. The van der Waals surface area contributed by atoms with E-state index in [9.17, 15) is 0 Å². The molecule has 0 unspecified atom stereocenters. The molecule has 0 spiro atoms. The molecule has 0 radical (unpaired) electrons. The van der Waals surface area contributed by atoms with Crippen LogP contribution in [0.3, 0.4) is 0 Å². The molecule has 0 fully saturated rings. The molecular formula is C40H24N2O. The van der Waals surface area contributed by atoms with Gasteiger partial charge in [0, 0.05) is 21.9 Å². The van der Waals surface area contributed by atoms with Crippen LogP contribution in [-0.4, -0.2) is 9.97 Å². The van der Waals surface area contributed by atoms with Gasteiger partial charge in [0.2, 0.25) is 5.71 Å². The number of hydrogen-bond acceptors (Lipinski definition) is 3. The fourth-order valence-electron chi connectivity index (χ4n) is 6.53. The average molecular weight is 549 g/mol. The van der Waals surface area contributed by atoms with E-state index in [0.717, 1.165) is 65.8 Å². The smallest absolute Gasteiger partial charge is 0.231 e. The van der Waals surface area contributed by atoms with Crippen LogP contribution < -0.4 is 0 Å². The van der Waals surface area contributed by atoms with Gasteiger partial charge in [-0.05, 0) is 44.1 Å². The van der Waals surface area contributed by atoms with Gasteiger partial charge in [-0.15, -0.1) is 0 Å². The van der Waals surface area contributed by atoms with Gasteiger partial charge in [-0.2, -0.15) is 4.98 Å². The minimum atomic E-state index is 0.592. The fourth-order valence-corrected chi connectivity index (χ4v) is 6.53. The van der Waals surface area contributed by atoms with Gasteiger partial charge in [-0.3, -0.25) is 0 Å². The van der Waals surface area contributed by atoms with E-state index in [2.05, 4.69) is 140 Å². The Kier molecular flexibility index (Phi) is 5.20. The van der Waals surface area contributed by atoms with Crippen molar-refractivity contribution < 1.29 is 4.42 Å². The highest BCUT2D eigenvalue weighted by molar-refractivity contribution is 6.31. The van der Waals surface area contributed by atoms with Crippen molar-refractivity contribution in [3.8, 4) is 33.8 Å². The lowest BCUT2D eigenvalue weighted by molar-refractivity contribution is 0.657. The van der Waals surface area contributed by atoms with Crippen LogP contribution in [0.2, 0.25) is 0 Å². The molecule has 0 saturated carbocycles. The van der Waals surface area contributed by atoms with Gasteiger partial charge < -0.3 is 4.42 Å². The number of furan rings is 1. The molecule has 0 bridgehead atoms. The van der Waals surface area contributed by atoms with Crippen LogP contribution in [0, 0.1) is 0 Å². The Morgan fingerprint density at radius 2 is 1.02 bits per heavy atom. The Balaban J connectivity index is 1.45. The predicted molar refractivity (Wildman–Crippen MR) is 178 cm³/mol. The first kappa shape index (κ1) is 23.9. The summed E-state index contributed by atoms with van der Waals surface area (Å²) in [7, 11) is 0. The zero-order valence-electron chi connectivity index (χ0n) is 23.2. The Labute approximate surface area is 247 Å². The summed E-state index contributed by atoms with van der Waals surface area (Å²) in [6.07, 6.45) is 0. The molecule has 3 nitrogen and oxygen atoms in total. The van der Waals surface area contributed by atoms with Crippen LogP contribution in [0.5, 0.6) is 0 Å². The topological polar surface area (TPSA) is 38.9 Å². The second-order valence-electron chi connectivity index (χ2n) is 10.9. The molecule has 2 heterocycles. The minimum Gasteiger partial charge on any atom is -0.437 e. The maximum absolute atomic E-state index is 6.77. The number of rotatable bonds is 3. The molecule has 0 aliphatic heterocycles. The summed E-state index contributed by atoms with van der Waals surface area (Å²) in [5.74, 6) is 0.650. The van der Waals surface area contributed by atoms with E-state index in [1.165, 1.54) is 10.8 Å². The predicted octanol–water partition coefficient (Wildman–Crippen LogP) is 10.8. The first-order valence-electron chi connectivity index (χ1n) is 14.5. The van der Waals surface area contributed by atoms with Gasteiger partial charge in [0.1, 0.15) is 5.58 Å². The largest absolute Gasteiger partial charge is 0.437 e. The van der Waals surface area contributed by atoms with E-state index in [0.29, 0.717) is 11.5 Å². The van der Waals surface area contributed by atoms with Crippen LogP contribution in [0.4, 0.5) is 0 Å². The van der Waals surface area contributed by atoms with Crippen LogP contribution in [-0.2, 0) is 0 Å². The molecule has 43 heavy (non-hydrogen) atoms. The highest BCUT2D eigenvalue weighted by atomic mass is 16.3. The molecule has 0 amide bonds. The summed E-state index contributed by atoms with van der Waals surface area (Å²) in [5.41, 5.74) is 6.61. The number of hydrogen-bond donors (Lipinski definition) is 0. The van der Waals surface area contributed by atoms with E-state index in [1.54, 1.807) is 0 Å². The number of benzene rings is 7. The molecule has 0 atom stereocenters. The third kappa shape index (κ3) is 3.68. The molecule has 9 rings (SSSR count). The Morgan fingerprint density at radius 1 is 0.419 bits per heavy atom. The zero-order chi connectivity index (χ0) is 28.3. The summed E-state index contributed by atoms with van der Waals surface area (Å²) >= 11 is 0. The van der Waals surface area contributed by atoms with Crippen molar-refractivity contribution in [1.82, 2.24) is 9.97 Å². The van der Waals surface area contributed by atoms with Crippen LogP contribution in [0.15, 0.2) is 150 Å². The molecule has 9 aromatic rings. The quantitative estimate of drug-likeness (QED) is 0.206. The zero-order valence-corrected chi connectivity index (χ0v) is 23.2. The van der Waals surface area contributed by atoms with Crippen molar-refractivity contribution in [3.63, 3.8) is 0 Å². The van der Waals surface area contributed by atoms with Crippen molar-refractivity contribution in [1.29, 1.82) is 0 Å². The van der Waals surface area contributed by atoms with Crippen molar-refractivity contribution in [2.75, 3.05) is 0 Å². The monoisotopic (exact) mass is 548 g/mol. The summed E-state index contributed by atoms with van der Waals surface area (Å²) in [6, 6.07) is 50.8. The molecule has 0 N–H and O–H groups in total. The number of nitrogens with zero attached hydrogens (tertiary/aromatic N) is 2. The molecule has 0 aliphatic carbocycles. The summed E-state index contributed by atoms with van der Waals surface area (Å²) < 4.78 is 6.77. The van der Waals surface area contributed by atoms with Gasteiger partial charge in [0.15, 0.2) is 5.82 Å². The van der Waals surface area contributed by atoms with Crippen LogP contribution >= 0.6 is 0 Å². The summed E-state index contributed by atoms with van der Waals surface area (Å²) in [5, 5.41) is 8.81. The fraction of sp³-hybridized carbons (Fsp3) is 0. The Bertz CT molecular complexity index is 2500. The minimum absolute atomic E-state index is 0.592. The highest BCUT2D eigenvalue weighted by Crippen LogP contribution is 2.44. The normalized spacial score (nSPS) is 11.7. The van der Waals surface area contributed by atoms with E-state index in [4.69, 9.17) is 14.4 Å². The molecule has 7 aromatic carbocycles. The van der Waals surface area contributed by atoms with E-state index >= 15 is 0 Å². The lowest BCUT2D eigenvalue weighted by atomic mass is 9.95. The van der Waals surface area contributed by atoms with E-state index in [-0.39, 0.29) is 0 Å². The third-order valence-electron chi connectivity index (χ3n) is 8.48. The molecule has 0 aliphatic rings. The lowest BCUT2D eigenvalue weighted by Gasteiger charge is -2.11. The van der Waals surface area contributed by atoms with Crippen molar-refractivity contribution in [2.24, 2.45) is 0 Å². The molecule has 3 heteroatoms. The average Bonchev–Trinajstić information content (AvgIpc) is 3.48. The number of fused-ring (bicyclic) bond motifs is 9. The second kappa shape index (κ2) is 9.37.